The van der Waals surface area contributed by atoms with Gasteiger partial charge in [0.2, 0.25) is 11.7 Å². The van der Waals surface area contributed by atoms with Crippen molar-refractivity contribution in [2.45, 2.75) is 71.3 Å². The summed E-state index contributed by atoms with van der Waals surface area (Å²) in [7, 11) is 4.54. The summed E-state index contributed by atoms with van der Waals surface area (Å²) in [6, 6.07) is 3.94. The fourth-order valence-corrected chi connectivity index (χ4v) is 6.53. The van der Waals surface area contributed by atoms with Crippen molar-refractivity contribution in [1.82, 2.24) is 29.3 Å². The number of nitrogens with zero attached hydrogens (tertiary/aromatic N) is 7. The van der Waals surface area contributed by atoms with Crippen molar-refractivity contribution in [3.05, 3.63) is 30.4 Å². The van der Waals surface area contributed by atoms with Crippen molar-refractivity contribution in [2.75, 3.05) is 58.4 Å². The number of benzene rings is 1. The van der Waals surface area contributed by atoms with E-state index < -0.39 is 8.32 Å². The Morgan fingerprint density at radius 3 is 2.37 bits per heavy atom. The molecule has 5 rings (SSSR count). The maximum absolute atomic E-state index is 6.71. The minimum Gasteiger partial charge on any atom is -0.493 e. The third-order valence-electron chi connectivity index (χ3n) is 9.12. The lowest BCUT2D eigenvalue weighted by molar-refractivity contribution is 0.184. The minimum absolute atomic E-state index is 0.139. The van der Waals surface area contributed by atoms with Gasteiger partial charge in [-0.3, -0.25) is 0 Å². The van der Waals surface area contributed by atoms with Gasteiger partial charge in [0.15, 0.2) is 31.3 Å². The Bertz CT molecular complexity index is 1640. The number of imidazole rings is 1. The monoisotopic (exact) mass is 652 g/mol. The molecule has 0 amide bonds. The lowest BCUT2D eigenvalue weighted by atomic mass is 10.2. The van der Waals surface area contributed by atoms with Crippen LogP contribution in [-0.4, -0.2) is 91.9 Å². The van der Waals surface area contributed by atoms with Gasteiger partial charge in [-0.15, -0.1) is 0 Å². The van der Waals surface area contributed by atoms with Gasteiger partial charge in [0, 0.05) is 25.8 Å². The van der Waals surface area contributed by atoms with Crippen molar-refractivity contribution in [3.63, 3.8) is 0 Å². The summed E-state index contributed by atoms with van der Waals surface area (Å²) in [4.78, 5) is 17.0. The van der Waals surface area contributed by atoms with Crippen LogP contribution in [0.25, 0.3) is 16.7 Å². The summed E-state index contributed by atoms with van der Waals surface area (Å²) in [5.41, 5.74) is 2.43. The largest absolute Gasteiger partial charge is 0.493 e. The lowest BCUT2D eigenvalue weighted by Crippen LogP contribution is -2.45. The van der Waals surface area contributed by atoms with Gasteiger partial charge in [-0.05, 0) is 37.9 Å². The number of aryl methyl sites for hydroxylation is 1. The van der Waals surface area contributed by atoms with Gasteiger partial charge in [-0.2, -0.15) is 15.1 Å². The molecular formula is C32H48N8O5Si. The van der Waals surface area contributed by atoms with E-state index in [1.807, 2.05) is 34.5 Å². The van der Waals surface area contributed by atoms with Crippen LogP contribution < -0.4 is 24.4 Å². The van der Waals surface area contributed by atoms with E-state index in [1.165, 1.54) is 0 Å². The van der Waals surface area contributed by atoms with Crippen LogP contribution in [0, 0.1) is 6.92 Å². The minimum atomic E-state index is -1.92. The summed E-state index contributed by atoms with van der Waals surface area (Å²) in [5.74, 6) is 3.51. The summed E-state index contributed by atoms with van der Waals surface area (Å²) >= 11 is 0. The van der Waals surface area contributed by atoms with Gasteiger partial charge in [0.25, 0.3) is 0 Å². The average molecular weight is 653 g/mol. The van der Waals surface area contributed by atoms with Gasteiger partial charge in [0.1, 0.15) is 12.1 Å². The molecule has 14 heteroatoms. The Balaban J connectivity index is 1.50. The highest BCUT2D eigenvalue weighted by atomic mass is 28.4. The number of ether oxygens (including phenoxy) is 4. The van der Waals surface area contributed by atoms with E-state index >= 15 is 0 Å². The van der Waals surface area contributed by atoms with Crippen LogP contribution in [0.2, 0.25) is 18.1 Å². The lowest BCUT2D eigenvalue weighted by Gasteiger charge is -2.38. The molecule has 1 aliphatic heterocycles. The molecule has 0 bridgehead atoms. The third kappa shape index (κ3) is 6.64. The maximum Gasteiger partial charge on any atom is 0.232 e. The molecule has 250 valence electrons. The molecule has 13 nitrogen and oxygen atoms in total. The highest BCUT2D eigenvalue weighted by molar-refractivity contribution is 6.74. The van der Waals surface area contributed by atoms with Crippen molar-refractivity contribution >= 4 is 36.9 Å². The van der Waals surface area contributed by atoms with Crippen LogP contribution in [0.3, 0.4) is 0 Å². The van der Waals surface area contributed by atoms with Crippen LogP contribution in [-0.2, 0) is 15.7 Å². The first-order valence-corrected chi connectivity index (χ1v) is 18.6. The summed E-state index contributed by atoms with van der Waals surface area (Å²) in [6.07, 6.45) is 5.69. The second-order valence-electron chi connectivity index (χ2n) is 13.1. The first-order chi connectivity index (χ1) is 21.9. The zero-order chi connectivity index (χ0) is 33.2. The topological polar surface area (TPSA) is 123 Å². The number of hydrogen-bond acceptors (Lipinski definition) is 11. The molecule has 46 heavy (non-hydrogen) atoms. The molecule has 3 aromatic heterocycles. The standard InChI is InChI=1S/C32H48N8O5Si/c1-21-27-29(39-13-11-12-22(39)19-45-46(9,10)32(2,3)4)35-31(36-30(27)40(37-21)14-15-41-5)34-26-18-38(20-33-26)23-16-24(42-6)28(44-8)25(17-23)43-7/h16-18,20,22H,11-15,19H2,1-10H3,(H,34,35,36). The zero-order valence-corrected chi connectivity index (χ0v) is 29.8. The van der Waals surface area contributed by atoms with Crippen LogP contribution in [0.5, 0.6) is 17.2 Å². The number of methoxy groups -OCH3 is 4. The predicted molar refractivity (Wildman–Crippen MR) is 182 cm³/mol. The Labute approximate surface area is 272 Å². The number of nitrogens with one attached hydrogen (secondary N) is 1. The quantitative estimate of drug-likeness (QED) is 0.178. The van der Waals surface area contributed by atoms with E-state index in [2.05, 4.69) is 49.1 Å². The fourth-order valence-electron chi connectivity index (χ4n) is 5.49. The van der Waals surface area contributed by atoms with Crippen LogP contribution in [0.1, 0.15) is 39.3 Å². The van der Waals surface area contributed by atoms with Crippen LogP contribution >= 0.6 is 0 Å². The van der Waals surface area contributed by atoms with Crippen molar-refractivity contribution in [2.24, 2.45) is 0 Å². The third-order valence-corrected chi connectivity index (χ3v) is 13.6. The van der Waals surface area contributed by atoms with E-state index in [1.54, 1.807) is 34.8 Å². The molecule has 1 N–H and O–H groups in total. The van der Waals surface area contributed by atoms with Crippen LogP contribution in [0.4, 0.5) is 17.6 Å². The molecule has 1 saturated heterocycles. The van der Waals surface area contributed by atoms with Gasteiger partial charge >= 0.3 is 0 Å². The zero-order valence-electron chi connectivity index (χ0n) is 28.8. The number of hydrogen-bond donors (Lipinski definition) is 1. The highest BCUT2D eigenvalue weighted by Crippen LogP contribution is 2.40. The Morgan fingerprint density at radius 2 is 1.74 bits per heavy atom. The predicted octanol–water partition coefficient (Wildman–Crippen LogP) is 5.73. The molecule has 1 fully saturated rings. The Morgan fingerprint density at radius 1 is 1.02 bits per heavy atom. The summed E-state index contributed by atoms with van der Waals surface area (Å²) in [5, 5.41) is 9.28. The SMILES string of the molecule is COCCn1nc(C)c2c(N3CCCC3CO[Si](C)(C)C(C)(C)C)nc(Nc3cn(-c4cc(OC)c(OC)c(OC)c4)cn3)nc21. The molecule has 4 aromatic rings. The fraction of sp³-hybridized carbons (Fsp3) is 0.562. The molecule has 1 unspecified atom stereocenters. The van der Waals surface area contributed by atoms with E-state index in [0.717, 1.165) is 47.6 Å². The first-order valence-electron chi connectivity index (χ1n) is 15.7. The van der Waals surface area contributed by atoms with Gasteiger partial charge < -0.3 is 38.2 Å². The number of rotatable bonds is 13. The number of aromatic nitrogens is 6. The maximum atomic E-state index is 6.71. The summed E-state index contributed by atoms with van der Waals surface area (Å²) < 4.78 is 32.4. The van der Waals surface area contributed by atoms with Crippen LogP contribution in [0.15, 0.2) is 24.7 Å². The van der Waals surface area contributed by atoms with E-state index in [9.17, 15) is 0 Å². The van der Waals surface area contributed by atoms with Crippen molar-refractivity contribution in [1.29, 1.82) is 0 Å². The van der Waals surface area contributed by atoms with Gasteiger partial charge in [-0.1, -0.05) is 20.8 Å². The van der Waals surface area contributed by atoms with Gasteiger partial charge in [-0.25, -0.2) is 9.67 Å². The van der Waals surface area contributed by atoms with Crippen molar-refractivity contribution < 1.29 is 23.4 Å². The second kappa shape index (κ2) is 13.5. The van der Waals surface area contributed by atoms with E-state index in [4.69, 9.17) is 38.4 Å². The Hall–Kier alpha value is -3.88. The van der Waals surface area contributed by atoms with Gasteiger partial charge in [0.05, 0.1) is 70.1 Å². The molecule has 1 aliphatic rings. The molecule has 0 radical (unpaired) electrons. The number of anilines is 3. The van der Waals surface area contributed by atoms with E-state index in [0.29, 0.717) is 48.8 Å². The Kier molecular flexibility index (Phi) is 9.80. The molecular weight excluding hydrogens is 604 g/mol. The molecule has 1 atom stereocenters. The molecule has 0 spiro atoms. The highest BCUT2D eigenvalue weighted by Gasteiger charge is 2.39. The smallest absolute Gasteiger partial charge is 0.232 e. The van der Waals surface area contributed by atoms with Crippen molar-refractivity contribution in [3.8, 4) is 22.9 Å². The molecule has 0 saturated carbocycles. The normalized spacial score (nSPS) is 15.5. The number of fused-ring (bicyclic) bond motifs is 1. The average Bonchev–Trinajstić information content (AvgIpc) is 3.76. The summed E-state index contributed by atoms with van der Waals surface area (Å²) in [6.45, 7) is 16.1. The second-order valence-corrected chi connectivity index (χ2v) is 17.9. The first kappa shape index (κ1) is 33.5. The molecule has 4 heterocycles. The molecule has 1 aromatic carbocycles. The van der Waals surface area contributed by atoms with E-state index in [-0.39, 0.29) is 11.1 Å². The molecule has 0 aliphatic carbocycles.